The highest BCUT2D eigenvalue weighted by Gasteiger charge is 2.42. The molecule has 2 saturated heterocycles. The van der Waals surface area contributed by atoms with Crippen molar-refractivity contribution in [3.05, 3.63) is 12.2 Å². The van der Waals surface area contributed by atoms with Gasteiger partial charge in [-0.2, -0.15) is 13.2 Å². The van der Waals surface area contributed by atoms with Gasteiger partial charge >= 0.3 is 6.18 Å². The van der Waals surface area contributed by atoms with Crippen molar-refractivity contribution in [2.45, 2.75) is 75.2 Å². The first-order valence-electron chi connectivity index (χ1n) is 13.5. The first-order valence-corrected chi connectivity index (χ1v) is 13.5. The van der Waals surface area contributed by atoms with Crippen molar-refractivity contribution in [2.24, 2.45) is 27.8 Å². The molecule has 1 amide bonds. The molecule has 1 aliphatic carbocycles. The van der Waals surface area contributed by atoms with E-state index in [-0.39, 0.29) is 23.4 Å². The van der Waals surface area contributed by atoms with Crippen molar-refractivity contribution in [1.82, 2.24) is 20.4 Å². The second kappa shape index (κ2) is 12.1. The van der Waals surface area contributed by atoms with Crippen molar-refractivity contribution in [2.75, 3.05) is 45.8 Å². The lowest BCUT2D eigenvalue weighted by atomic mass is 9.75. The lowest BCUT2D eigenvalue weighted by Crippen LogP contribution is -2.64. The Labute approximate surface area is 216 Å². The summed E-state index contributed by atoms with van der Waals surface area (Å²) in [5.74, 6) is -1.13. The molecule has 3 aliphatic heterocycles. The van der Waals surface area contributed by atoms with Crippen LogP contribution in [0.3, 0.4) is 0 Å². The fourth-order valence-electron chi connectivity index (χ4n) is 6.57. The Balaban J connectivity index is 1.43. The molecule has 0 radical (unpaired) electrons. The van der Waals surface area contributed by atoms with Crippen molar-refractivity contribution in [1.29, 1.82) is 0 Å². The summed E-state index contributed by atoms with van der Waals surface area (Å²) in [5, 5.41) is 6.45. The maximum absolute atomic E-state index is 14.4. The van der Waals surface area contributed by atoms with Crippen LogP contribution in [0.15, 0.2) is 17.1 Å². The molecule has 0 aromatic carbocycles. The number of hydrogen-bond donors (Lipinski definition) is 4. The molecule has 37 heavy (non-hydrogen) atoms. The normalized spacial score (nSPS) is 34.1. The molecular weight excluding hydrogens is 490 g/mol. The van der Waals surface area contributed by atoms with Gasteiger partial charge in [-0.05, 0) is 43.7 Å². The third kappa shape index (κ3) is 7.50. The van der Waals surface area contributed by atoms with Gasteiger partial charge in [-0.3, -0.25) is 19.6 Å². The number of alkyl halides is 4. The number of halogens is 4. The summed E-state index contributed by atoms with van der Waals surface area (Å²) < 4.78 is 52.7. The highest BCUT2D eigenvalue weighted by molar-refractivity contribution is 5.81. The van der Waals surface area contributed by atoms with E-state index in [0.29, 0.717) is 39.1 Å². The first-order chi connectivity index (χ1) is 17.6. The Morgan fingerprint density at radius 2 is 1.89 bits per heavy atom. The van der Waals surface area contributed by atoms with Crippen molar-refractivity contribution >= 4 is 12.1 Å². The quantitative estimate of drug-likeness (QED) is 0.233. The summed E-state index contributed by atoms with van der Waals surface area (Å²) in [6.45, 7) is 2.08. The number of nitrogens with one attached hydrogen (secondary N) is 2. The summed E-state index contributed by atoms with van der Waals surface area (Å²) in [7, 11) is 0. The number of piperidine rings is 1. The summed E-state index contributed by atoms with van der Waals surface area (Å²) in [5.41, 5.74) is 12.1. The molecule has 1 saturated carbocycles. The zero-order valence-electron chi connectivity index (χ0n) is 21.3. The van der Waals surface area contributed by atoms with E-state index in [2.05, 4.69) is 20.5 Å². The Hall–Kier alpha value is -1.60. The molecule has 6 N–H and O–H groups in total. The van der Waals surface area contributed by atoms with Crippen LogP contribution in [0, 0.1) is 11.3 Å². The second-order valence-corrected chi connectivity index (χ2v) is 11.1. The van der Waals surface area contributed by atoms with Gasteiger partial charge in [0.2, 0.25) is 5.91 Å². The van der Waals surface area contributed by atoms with E-state index >= 15 is 0 Å². The zero-order chi connectivity index (χ0) is 26.6. The fraction of sp³-hybridized carbons (Fsp3) is 0.840. The second-order valence-electron chi connectivity index (χ2n) is 11.1. The zero-order valence-corrected chi connectivity index (χ0v) is 21.3. The van der Waals surface area contributed by atoms with E-state index in [1.807, 2.05) is 6.08 Å². The molecule has 0 aromatic heterocycles. The lowest BCUT2D eigenvalue weighted by molar-refractivity contribution is -0.150. The van der Waals surface area contributed by atoms with Gasteiger partial charge in [0, 0.05) is 45.0 Å². The molecule has 0 aromatic rings. The molecule has 4 aliphatic rings. The lowest BCUT2D eigenvalue weighted by Gasteiger charge is -2.45. The molecule has 0 bridgehead atoms. The van der Waals surface area contributed by atoms with Crippen molar-refractivity contribution < 1.29 is 22.4 Å². The molecule has 3 fully saturated rings. The fourth-order valence-corrected chi connectivity index (χ4v) is 6.57. The van der Waals surface area contributed by atoms with Crippen LogP contribution in [-0.4, -0.2) is 104 Å². The summed E-state index contributed by atoms with van der Waals surface area (Å²) in [6.07, 6.45) is 3.54. The van der Waals surface area contributed by atoms with Crippen molar-refractivity contribution in [3.63, 3.8) is 0 Å². The average Bonchev–Trinajstić information content (AvgIpc) is 3.29. The minimum atomic E-state index is -4.21. The summed E-state index contributed by atoms with van der Waals surface area (Å²) >= 11 is 0. The predicted octanol–water partition coefficient (Wildman–Crippen LogP) is 1.17. The van der Waals surface area contributed by atoms with Crippen LogP contribution in [0.1, 0.15) is 38.5 Å². The molecule has 5 unspecified atom stereocenters. The minimum Gasteiger partial charge on any atom is -0.350 e. The van der Waals surface area contributed by atoms with E-state index in [1.54, 1.807) is 6.08 Å². The molecular formula is C25H41F4N7O. The molecule has 210 valence electrons. The van der Waals surface area contributed by atoms with Crippen LogP contribution in [0.4, 0.5) is 17.6 Å². The van der Waals surface area contributed by atoms with E-state index in [4.69, 9.17) is 11.5 Å². The van der Waals surface area contributed by atoms with Gasteiger partial charge in [0.25, 0.3) is 0 Å². The standard InChI is InChI=1S/C25H41F4N7O/c26-17-3-7-24(5-1-2-6-24)13-18(33-14-17)21(22(30)31)23(37)34-19-15-32-8-4-20(19)36-11-9-35(10-12-36)16-25(27,28)29/h3,7,14,17-22,32H,1-2,4-6,8-13,15-16,30-31H2,(H,34,37)/b7-3-,33-14-. The van der Waals surface area contributed by atoms with Crippen LogP contribution in [-0.2, 0) is 4.79 Å². The monoisotopic (exact) mass is 531 g/mol. The Bertz CT molecular complexity index is 822. The summed E-state index contributed by atoms with van der Waals surface area (Å²) in [6, 6.07) is -0.793. The van der Waals surface area contributed by atoms with E-state index in [1.165, 1.54) is 11.1 Å². The molecule has 12 heteroatoms. The maximum atomic E-state index is 14.4. The van der Waals surface area contributed by atoms with Crippen LogP contribution in [0.25, 0.3) is 0 Å². The number of amides is 1. The van der Waals surface area contributed by atoms with Gasteiger partial charge in [0.1, 0.15) is 0 Å². The number of hydrogen-bond acceptors (Lipinski definition) is 7. The predicted molar refractivity (Wildman–Crippen MR) is 135 cm³/mol. The number of rotatable bonds is 6. The number of carbonyl (C=O) groups is 1. The number of nitrogens with two attached hydrogens (primary N) is 2. The number of nitrogens with zero attached hydrogens (tertiary/aromatic N) is 3. The molecule has 5 atom stereocenters. The third-order valence-electron chi connectivity index (χ3n) is 8.45. The highest BCUT2D eigenvalue weighted by Crippen LogP contribution is 2.45. The number of carbonyl (C=O) groups excluding carboxylic acids is 1. The van der Waals surface area contributed by atoms with Gasteiger partial charge < -0.3 is 22.1 Å². The number of allylic oxidation sites excluding steroid dienone is 2. The smallest absolute Gasteiger partial charge is 0.350 e. The number of piperazine rings is 1. The molecule has 3 heterocycles. The van der Waals surface area contributed by atoms with Gasteiger partial charge in [-0.1, -0.05) is 18.9 Å². The third-order valence-corrected chi connectivity index (χ3v) is 8.45. The van der Waals surface area contributed by atoms with Gasteiger partial charge in [0.15, 0.2) is 6.17 Å². The van der Waals surface area contributed by atoms with Crippen LogP contribution >= 0.6 is 0 Å². The summed E-state index contributed by atoms with van der Waals surface area (Å²) in [4.78, 5) is 21.7. The molecule has 8 nitrogen and oxygen atoms in total. The van der Waals surface area contributed by atoms with Crippen LogP contribution in [0.2, 0.25) is 0 Å². The largest absolute Gasteiger partial charge is 0.401 e. The Morgan fingerprint density at radius 3 is 2.54 bits per heavy atom. The van der Waals surface area contributed by atoms with E-state index in [0.717, 1.165) is 38.6 Å². The Morgan fingerprint density at radius 1 is 1.19 bits per heavy atom. The highest BCUT2D eigenvalue weighted by atomic mass is 19.4. The van der Waals surface area contributed by atoms with Crippen LogP contribution in [0.5, 0.6) is 0 Å². The Kier molecular flexibility index (Phi) is 9.26. The van der Waals surface area contributed by atoms with E-state index < -0.39 is 37.0 Å². The van der Waals surface area contributed by atoms with Crippen molar-refractivity contribution in [3.8, 4) is 0 Å². The SMILES string of the molecule is NC(N)C(C(=O)NC1CNCCC1N1CCN(CC(F)(F)F)CC1)C1CC2(/C=C\C(F)/C=N\1)CCCC2. The molecule has 1 spiro atoms. The number of aliphatic imine (C=N–C) groups is 1. The van der Waals surface area contributed by atoms with Gasteiger partial charge in [-0.15, -0.1) is 0 Å². The first kappa shape index (κ1) is 28.4. The maximum Gasteiger partial charge on any atom is 0.401 e. The van der Waals surface area contributed by atoms with Gasteiger partial charge in [0.05, 0.1) is 30.7 Å². The van der Waals surface area contributed by atoms with Crippen LogP contribution < -0.4 is 22.1 Å². The molecule has 4 rings (SSSR count). The topological polar surface area (TPSA) is 112 Å². The minimum absolute atomic E-state index is 0.00643. The average molecular weight is 532 g/mol. The van der Waals surface area contributed by atoms with Gasteiger partial charge in [-0.25, -0.2) is 4.39 Å². The van der Waals surface area contributed by atoms with E-state index in [9.17, 15) is 22.4 Å².